The van der Waals surface area contributed by atoms with Crippen molar-refractivity contribution < 1.29 is 4.79 Å². The molecule has 0 saturated carbocycles. The lowest BCUT2D eigenvalue weighted by molar-refractivity contribution is -0.120. The summed E-state index contributed by atoms with van der Waals surface area (Å²) in [5, 5.41) is 2.95. The van der Waals surface area contributed by atoms with Gasteiger partial charge in [0.2, 0.25) is 5.91 Å². The third kappa shape index (κ3) is 2.09. The minimum atomic E-state index is 0.0459. The van der Waals surface area contributed by atoms with Gasteiger partial charge in [-0.3, -0.25) is 4.79 Å². The number of amides is 1. The van der Waals surface area contributed by atoms with Gasteiger partial charge in [0.15, 0.2) is 0 Å². The molecule has 1 amide bonds. The number of aryl methyl sites for hydroxylation is 1. The largest absolute Gasteiger partial charge is 0.330 e. The Kier molecular flexibility index (Phi) is 3.25. The van der Waals surface area contributed by atoms with E-state index in [1.54, 1.807) is 0 Å². The molecule has 1 unspecified atom stereocenters. The van der Waals surface area contributed by atoms with Crippen molar-refractivity contribution in [1.82, 2.24) is 0 Å². The predicted octanol–water partition coefficient (Wildman–Crippen LogP) is 1.71. The topological polar surface area (TPSA) is 55.1 Å². The average Bonchev–Trinajstić information content (AvgIpc) is 2.30. The summed E-state index contributed by atoms with van der Waals surface area (Å²) in [6.45, 7) is 2.71. The van der Waals surface area contributed by atoms with E-state index in [9.17, 15) is 4.79 Å². The maximum absolute atomic E-state index is 11.7. The van der Waals surface area contributed by atoms with Gasteiger partial charge in [-0.1, -0.05) is 19.1 Å². The van der Waals surface area contributed by atoms with Crippen molar-refractivity contribution in [3.05, 3.63) is 29.3 Å². The van der Waals surface area contributed by atoms with Crippen LogP contribution in [0.25, 0.3) is 0 Å². The van der Waals surface area contributed by atoms with Crippen molar-refractivity contribution in [1.29, 1.82) is 0 Å². The van der Waals surface area contributed by atoms with Crippen LogP contribution in [0.1, 0.15) is 24.5 Å². The summed E-state index contributed by atoms with van der Waals surface area (Å²) in [4.78, 5) is 11.7. The molecule has 3 nitrogen and oxygen atoms in total. The number of nitrogens with two attached hydrogens (primary N) is 1. The Morgan fingerprint density at radius 2 is 2.31 bits per heavy atom. The van der Waals surface area contributed by atoms with Crippen molar-refractivity contribution in [3.8, 4) is 0 Å². The van der Waals surface area contributed by atoms with Crippen LogP contribution in [0.4, 0.5) is 5.69 Å². The van der Waals surface area contributed by atoms with Crippen molar-refractivity contribution in [3.63, 3.8) is 0 Å². The SMILES string of the molecule is CCc1ccc2c(c1)CC(CCN)C(=O)N2. The van der Waals surface area contributed by atoms with Gasteiger partial charge in [-0.2, -0.15) is 0 Å². The molecular formula is C13H18N2O. The van der Waals surface area contributed by atoms with Gasteiger partial charge in [-0.15, -0.1) is 0 Å². The van der Waals surface area contributed by atoms with Gasteiger partial charge >= 0.3 is 0 Å². The van der Waals surface area contributed by atoms with Crippen LogP contribution in [0, 0.1) is 5.92 Å². The van der Waals surface area contributed by atoms with E-state index < -0.39 is 0 Å². The molecule has 16 heavy (non-hydrogen) atoms. The van der Waals surface area contributed by atoms with Crippen LogP contribution >= 0.6 is 0 Å². The van der Waals surface area contributed by atoms with Crippen molar-refractivity contribution in [2.75, 3.05) is 11.9 Å². The average molecular weight is 218 g/mol. The van der Waals surface area contributed by atoms with E-state index in [4.69, 9.17) is 5.73 Å². The smallest absolute Gasteiger partial charge is 0.227 e. The van der Waals surface area contributed by atoms with Crippen LogP contribution in [0.5, 0.6) is 0 Å². The molecule has 1 aromatic carbocycles. The van der Waals surface area contributed by atoms with E-state index in [0.717, 1.165) is 24.9 Å². The second-order valence-electron chi connectivity index (χ2n) is 4.31. The molecule has 0 spiro atoms. The fourth-order valence-corrected chi connectivity index (χ4v) is 2.19. The highest BCUT2D eigenvalue weighted by molar-refractivity contribution is 5.95. The van der Waals surface area contributed by atoms with E-state index in [1.165, 1.54) is 11.1 Å². The molecule has 0 aliphatic carbocycles. The number of benzene rings is 1. The Hall–Kier alpha value is -1.35. The van der Waals surface area contributed by atoms with Gasteiger partial charge in [-0.05, 0) is 43.0 Å². The summed E-state index contributed by atoms with van der Waals surface area (Å²) in [5.74, 6) is 0.159. The van der Waals surface area contributed by atoms with Crippen molar-refractivity contribution in [2.45, 2.75) is 26.2 Å². The van der Waals surface area contributed by atoms with Gasteiger partial charge in [-0.25, -0.2) is 0 Å². The third-order valence-corrected chi connectivity index (χ3v) is 3.19. The highest BCUT2D eigenvalue weighted by Crippen LogP contribution is 2.27. The molecule has 0 fully saturated rings. The molecule has 3 heteroatoms. The summed E-state index contributed by atoms with van der Waals surface area (Å²) >= 11 is 0. The normalized spacial score (nSPS) is 19.1. The first-order valence-corrected chi connectivity index (χ1v) is 5.87. The summed E-state index contributed by atoms with van der Waals surface area (Å²) < 4.78 is 0. The number of carbonyl (C=O) groups is 1. The second kappa shape index (κ2) is 4.66. The van der Waals surface area contributed by atoms with Crippen LogP contribution in [0.15, 0.2) is 18.2 Å². The molecule has 0 saturated heterocycles. The maximum atomic E-state index is 11.7. The Bertz CT molecular complexity index is 401. The van der Waals surface area contributed by atoms with E-state index in [0.29, 0.717) is 6.54 Å². The zero-order valence-corrected chi connectivity index (χ0v) is 9.62. The van der Waals surface area contributed by atoms with E-state index in [2.05, 4.69) is 24.4 Å². The molecule has 2 rings (SSSR count). The number of hydrogen-bond acceptors (Lipinski definition) is 2. The van der Waals surface area contributed by atoms with E-state index in [1.807, 2.05) is 6.07 Å². The lowest BCUT2D eigenvalue weighted by Crippen LogP contribution is -2.31. The monoisotopic (exact) mass is 218 g/mol. The van der Waals surface area contributed by atoms with Gasteiger partial charge in [0.05, 0.1) is 0 Å². The highest BCUT2D eigenvalue weighted by atomic mass is 16.1. The molecule has 1 atom stereocenters. The Balaban J connectivity index is 2.25. The summed E-state index contributed by atoms with van der Waals surface area (Å²) in [6.07, 6.45) is 2.62. The summed E-state index contributed by atoms with van der Waals surface area (Å²) in [6, 6.07) is 6.27. The van der Waals surface area contributed by atoms with E-state index >= 15 is 0 Å². The summed E-state index contributed by atoms with van der Waals surface area (Å²) in [5.41, 5.74) is 9.05. The molecule has 0 bridgehead atoms. The molecule has 1 aliphatic heterocycles. The molecule has 1 heterocycles. The minimum Gasteiger partial charge on any atom is -0.330 e. The zero-order chi connectivity index (χ0) is 11.5. The van der Waals surface area contributed by atoms with Crippen LogP contribution in [0.2, 0.25) is 0 Å². The van der Waals surface area contributed by atoms with Crippen LogP contribution in [0.3, 0.4) is 0 Å². The Labute approximate surface area is 96.0 Å². The number of carbonyl (C=O) groups excluding carboxylic acids is 1. The zero-order valence-electron chi connectivity index (χ0n) is 9.62. The number of hydrogen-bond donors (Lipinski definition) is 2. The van der Waals surface area contributed by atoms with Gasteiger partial charge < -0.3 is 11.1 Å². The Morgan fingerprint density at radius 3 is 3.00 bits per heavy atom. The number of fused-ring (bicyclic) bond motifs is 1. The van der Waals surface area contributed by atoms with Crippen molar-refractivity contribution in [2.24, 2.45) is 11.7 Å². The maximum Gasteiger partial charge on any atom is 0.227 e. The van der Waals surface area contributed by atoms with Gasteiger partial charge in [0.25, 0.3) is 0 Å². The first-order valence-electron chi connectivity index (χ1n) is 5.87. The molecule has 0 aromatic heterocycles. The molecule has 3 N–H and O–H groups in total. The molecule has 1 aromatic rings. The lowest BCUT2D eigenvalue weighted by Gasteiger charge is -2.24. The first kappa shape index (κ1) is 11.1. The lowest BCUT2D eigenvalue weighted by atomic mass is 9.89. The fourth-order valence-electron chi connectivity index (χ4n) is 2.19. The first-order chi connectivity index (χ1) is 7.74. The number of rotatable bonds is 3. The standard InChI is InChI=1S/C13H18N2O/c1-2-9-3-4-12-11(7-9)8-10(5-6-14)13(16)15-12/h3-4,7,10H,2,5-6,8,14H2,1H3,(H,15,16). The molecule has 0 radical (unpaired) electrons. The molecule has 1 aliphatic rings. The quantitative estimate of drug-likeness (QED) is 0.811. The Morgan fingerprint density at radius 1 is 1.50 bits per heavy atom. The summed E-state index contributed by atoms with van der Waals surface area (Å²) in [7, 11) is 0. The number of nitrogens with one attached hydrogen (secondary N) is 1. The van der Waals surface area contributed by atoms with Crippen LogP contribution < -0.4 is 11.1 Å². The van der Waals surface area contributed by atoms with Gasteiger partial charge in [0.1, 0.15) is 0 Å². The highest BCUT2D eigenvalue weighted by Gasteiger charge is 2.25. The molecule has 86 valence electrons. The fraction of sp³-hybridized carbons (Fsp3) is 0.462. The third-order valence-electron chi connectivity index (χ3n) is 3.19. The van der Waals surface area contributed by atoms with Crippen LogP contribution in [-0.2, 0) is 17.6 Å². The van der Waals surface area contributed by atoms with Crippen molar-refractivity contribution >= 4 is 11.6 Å². The van der Waals surface area contributed by atoms with Gasteiger partial charge in [0, 0.05) is 11.6 Å². The number of anilines is 1. The van der Waals surface area contributed by atoms with Crippen LogP contribution in [-0.4, -0.2) is 12.5 Å². The minimum absolute atomic E-state index is 0.0459. The molecular weight excluding hydrogens is 200 g/mol. The van der Waals surface area contributed by atoms with E-state index in [-0.39, 0.29) is 11.8 Å². The second-order valence-corrected chi connectivity index (χ2v) is 4.31. The predicted molar refractivity (Wildman–Crippen MR) is 65.3 cm³/mol.